The number of carboxylic acid groups (broad SMARTS) is 1. The maximum absolute atomic E-state index is 10.7. The number of carboxylic acids is 1. The van der Waals surface area contributed by atoms with Crippen LogP contribution in [-0.2, 0) is 4.79 Å². The number of nitrogens with zero attached hydrogens (tertiary/aromatic N) is 1. The third-order valence-electron chi connectivity index (χ3n) is 5.43. The minimum Gasteiger partial charge on any atom is -0.479 e. The maximum atomic E-state index is 10.7. The summed E-state index contributed by atoms with van der Waals surface area (Å²) in [6.45, 7) is 0.266. The van der Waals surface area contributed by atoms with Crippen LogP contribution in [0.15, 0.2) is 0 Å². The van der Waals surface area contributed by atoms with Crippen molar-refractivity contribution >= 4 is 5.97 Å². The predicted octanol–water partition coefficient (Wildman–Crippen LogP) is 1.19. The molecule has 0 spiro atoms. The van der Waals surface area contributed by atoms with Gasteiger partial charge in [0.25, 0.3) is 0 Å². The standard InChI is InChI=1S/C14H23NO3/c1-15(7-12(16)14(17)18)13-10-3-8-2-9(5-10)6-11(13)4-8/h8-13,16H,2-7H2,1H3,(H,17,18). The summed E-state index contributed by atoms with van der Waals surface area (Å²) in [7, 11) is 1.99. The Balaban J connectivity index is 1.67. The van der Waals surface area contributed by atoms with Gasteiger partial charge in [0.2, 0.25) is 0 Å². The zero-order chi connectivity index (χ0) is 12.9. The van der Waals surface area contributed by atoms with Gasteiger partial charge in [-0.3, -0.25) is 4.90 Å². The van der Waals surface area contributed by atoms with E-state index in [0.717, 1.165) is 23.7 Å². The van der Waals surface area contributed by atoms with Crippen molar-refractivity contribution in [3.8, 4) is 0 Å². The third kappa shape index (κ3) is 2.05. The van der Waals surface area contributed by atoms with Gasteiger partial charge in [-0.1, -0.05) is 0 Å². The first-order valence-corrected chi connectivity index (χ1v) is 7.15. The SMILES string of the molecule is CN(CC(O)C(=O)O)C1C2CC3CC(C2)CC1C3. The van der Waals surface area contributed by atoms with Crippen molar-refractivity contribution in [2.45, 2.75) is 44.2 Å². The van der Waals surface area contributed by atoms with E-state index in [1.807, 2.05) is 7.05 Å². The Kier molecular flexibility index (Phi) is 3.10. The molecule has 4 heteroatoms. The van der Waals surface area contributed by atoms with E-state index in [2.05, 4.69) is 4.90 Å². The Morgan fingerprint density at radius 1 is 1.17 bits per heavy atom. The minimum atomic E-state index is -1.24. The molecular formula is C14H23NO3. The van der Waals surface area contributed by atoms with Crippen molar-refractivity contribution in [3.63, 3.8) is 0 Å². The van der Waals surface area contributed by atoms with Gasteiger partial charge in [-0.05, 0) is 62.8 Å². The predicted molar refractivity (Wildman–Crippen MR) is 67.1 cm³/mol. The van der Waals surface area contributed by atoms with Crippen molar-refractivity contribution in [1.29, 1.82) is 0 Å². The second-order valence-electron chi connectivity index (χ2n) is 6.71. The van der Waals surface area contributed by atoms with E-state index in [4.69, 9.17) is 5.11 Å². The summed E-state index contributed by atoms with van der Waals surface area (Å²) in [5, 5.41) is 18.3. The van der Waals surface area contributed by atoms with E-state index >= 15 is 0 Å². The molecule has 0 saturated heterocycles. The van der Waals surface area contributed by atoms with Crippen molar-refractivity contribution in [1.82, 2.24) is 4.90 Å². The molecule has 4 nitrogen and oxygen atoms in total. The lowest BCUT2D eigenvalue weighted by atomic mass is 9.54. The quantitative estimate of drug-likeness (QED) is 0.790. The molecule has 18 heavy (non-hydrogen) atoms. The molecule has 1 atom stereocenters. The second-order valence-corrected chi connectivity index (χ2v) is 6.71. The molecule has 4 saturated carbocycles. The highest BCUT2D eigenvalue weighted by Gasteiger charge is 2.49. The van der Waals surface area contributed by atoms with Crippen molar-refractivity contribution in [3.05, 3.63) is 0 Å². The first kappa shape index (κ1) is 12.4. The van der Waals surface area contributed by atoms with Crippen LogP contribution in [0.2, 0.25) is 0 Å². The van der Waals surface area contributed by atoms with E-state index in [-0.39, 0.29) is 6.54 Å². The number of likely N-dealkylation sites (N-methyl/N-ethyl adjacent to an activating group) is 1. The van der Waals surface area contributed by atoms with Crippen LogP contribution >= 0.6 is 0 Å². The highest BCUT2D eigenvalue weighted by molar-refractivity contribution is 5.72. The van der Waals surface area contributed by atoms with Gasteiger partial charge in [0.1, 0.15) is 0 Å². The fourth-order valence-electron chi connectivity index (χ4n) is 5.09. The molecule has 0 aromatic heterocycles. The number of hydrogen-bond donors (Lipinski definition) is 2. The summed E-state index contributed by atoms with van der Waals surface area (Å²) in [6.07, 6.45) is 5.49. The molecule has 0 amide bonds. The van der Waals surface area contributed by atoms with Crippen molar-refractivity contribution in [2.75, 3.05) is 13.6 Å². The van der Waals surface area contributed by atoms with Gasteiger partial charge in [-0.2, -0.15) is 0 Å². The molecule has 4 aliphatic carbocycles. The lowest BCUT2D eigenvalue weighted by Crippen LogP contribution is -2.56. The number of carbonyl (C=O) groups is 1. The lowest BCUT2D eigenvalue weighted by Gasteiger charge is -2.56. The van der Waals surface area contributed by atoms with Crippen LogP contribution < -0.4 is 0 Å². The molecule has 4 rings (SSSR count). The number of hydrogen-bond acceptors (Lipinski definition) is 3. The molecule has 0 aliphatic heterocycles. The Morgan fingerprint density at radius 2 is 1.67 bits per heavy atom. The Hall–Kier alpha value is -0.610. The smallest absolute Gasteiger partial charge is 0.333 e. The number of aliphatic hydroxyl groups excluding tert-OH is 1. The van der Waals surface area contributed by atoms with Gasteiger partial charge < -0.3 is 10.2 Å². The first-order valence-electron chi connectivity index (χ1n) is 7.15. The fraction of sp³-hybridized carbons (Fsp3) is 0.929. The molecule has 1 unspecified atom stereocenters. The van der Waals surface area contributed by atoms with Gasteiger partial charge in [-0.15, -0.1) is 0 Å². The molecule has 0 aromatic carbocycles. The number of aliphatic carboxylic acids is 1. The van der Waals surface area contributed by atoms with E-state index in [0.29, 0.717) is 6.04 Å². The highest BCUT2D eigenvalue weighted by atomic mass is 16.4. The summed E-state index contributed by atoms with van der Waals surface area (Å²) < 4.78 is 0. The Bertz CT molecular complexity index is 316. The number of aliphatic hydroxyl groups is 1. The molecule has 4 aliphatic rings. The lowest BCUT2D eigenvalue weighted by molar-refractivity contribution is -0.149. The molecule has 4 fully saturated rings. The van der Waals surface area contributed by atoms with E-state index in [1.54, 1.807) is 0 Å². The summed E-state index contributed by atoms with van der Waals surface area (Å²) in [5.74, 6) is 2.24. The fourth-order valence-corrected chi connectivity index (χ4v) is 5.09. The van der Waals surface area contributed by atoms with Crippen LogP contribution in [0.3, 0.4) is 0 Å². The van der Waals surface area contributed by atoms with Gasteiger partial charge >= 0.3 is 5.97 Å². The van der Waals surface area contributed by atoms with Crippen LogP contribution in [0.1, 0.15) is 32.1 Å². The minimum absolute atomic E-state index is 0.266. The zero-order valence-electron chi connectivity index (χ0n) is 11.0. The summed E-state index contributed by atoms with van der Waals surface area (Å²) >= 11 is 0. The van der Waals surface area contributed by atoms with E-state index < -0.39 is 12.1 Å². The molecule has 0 radical (unpaired) electrons. The maximum Gasteiger partial charge on any atom is 0.333 e. The largest absolute Gasteiger partial charge is 0.479 e. The van der Waals surface area contributed by atoms with Crippen LogP contribution in [0.25, 0.3) is 0 Å². The number of rotatable bonds is 4. The normalized spacial score (nSPS) is 43.4. The van der Waals surface area contributed by atoms with Crippen LogP contribution in [-0.4, -0.2) is 46.8 Å². The van der Waals surface area contributed by atoms with Crippen LogP contribution in [0.4, 0.5) is 0 Å². The topological polar surface area (TPSA) is 60.8 Å². The van der Waals surface area contributed by atoms with Gasteiger partial charge in [0.15, 0.2) is 6.10 Å². The average molecular weight is 253 g/mol. The molecule has 4 bridgehead atoms. The molecule has 2 N–H and O–H groups in total. The van der Waals surface area contributed by atoms with E-state index in [9.17, 15) is 9.90 Å². The van der Waals surface area contributed by atoms with Crippen molar-refractivity contribution < 1.29 is 15.0 Å². The average Bonchev–Trinajstić information content (AvgIpc) is 2.26. The van der Waals surface area contributed by atoms with Gasteiger partial charge in [-0.25, -0.2) is 4.79 Å². The van der Waals surface area contributed by atoms with Gasteiger partial charge in [0.05, 0.1) is 0 Å². The molecule has 0 heterocycles. The molecule has 0 aromatic rings. The highest BCUT2D eigenvalue weighted by Crippen LogP contribution is 2.54. The Morgan fingerprint density at radius 3 is 2.11 bits per heavy atom. The summed E-state index contributed by atoms with van der Waals surface area (Å²) in [4.78, 5) is 12.9. The summed E-state index contributed by atoms with van der Waals surface area (Å²) in [5.41, 5.74) is 0. The second kappa shape index (κ2) is 4.49. The molecular weight excluding hydrogens is 230 g/mol. The third-order valence-corrected chi connectivity index (χ3v) is 5.43. The summed E-state index contributed by atoms with van der Waals surface area (Å²) in [6, 6.07) is 0.506. The van der Waals surface area contributed by atoms with Crippen molar-refractivity contribution in [2.24, 2.45) is 23.7 Å². The Labute approximate surface area is 108 Å². The van der Waals surface area contributed by atoms with Crippen LogP contribution in [0.5, 0.6) is 0 Å². The zero-order valence-corrected chi connectivity index (χ0v) is 11.0. The molecule has 102 valence electrons. The first-order chi connectivity index (χ1) is 8.54. The van der Waals surface area contributed by atoms with Crippen LogP contribution in [0, 0.1) is 23.7 Å². The van der Waals surface area contributed by atoms with Gasteiger partial charge in [0, 0.05) is 12.6 Å². The monoisotopic (exact) mass is 253 g/mol. The van der Waals surface area contributed by atoms with E-state index in [1.165, 1.54) is 32.1 Å².